The molecule has 39 heavy (non-hydrogen) atoms. The molecule has 0 spiro atoms. The molecular formula is C27H33N3O8S. The number of methoxy groups -OCH3 is 1. The quantitative estimate of drug-likeness (QED) is 0.170. The number of hydrogen-bond donors (Lipinski definition) is 3. The zero-order valence-electron chi connectivity index (χ0n) is 21.9. The average molecular weight is 560 g/mol. The third kappa shape index (κ3) is 11.5. The number of hydrogen-bond acceptors (Lipinski definition) is 8. The van der Waals surface area contributed by atoms with E-state index < -0.39 is 49.0 Å². The number of carbonyl (C=O) groups excluding carboxylic acids is 4. The van der Waals surface area contributed by atoms with Crippen LogP contribution in [0.3, 0.4) is 0 Å². The summed E-state index contributed by atoms with van der Waals surface area (Å²) in [4.78, 5) is 62.7. The number of nitrogens with zero attached hydrogens (tertiary/aromatic N) is 1. The molecule has 11 nitrogen and oxygen atoms in total. The predicted molar refractivity (Wildman–Crippen MR) is 144 cm³/mol. The summed E-state index contributed by atoms with van der Waals surface area (Å²) >= 11 is 1.49. The summed E-state index contributed by atoms with van der Waals surface area (Å²) in [6.45, 7) is -0.803. The van der Waals surface area contributed by atoms with Crippen LogP contribution >= 0.6 is 11.8 Å². The van der Waals surface area contributed by atoms with Gasteiger partial charge in [0.05, 0.1) is 7.11 Å². The molecule has 3 amide bonds. The summed E-state index contributed by atoms with van der Waals surface area (Å²) in [5.74, 6) is -3.29. The van der Waals surface area contributed by atoms with Gasteiger partial charge in [0.1, 0.15) is 25.7 Å². The minimum atomic E-state index is -1.28. The molecule has 0 bridgehead atoms. The largest absolute Gasteiger partial charge is 0.480 e. The Balaban J connectivity index is 1.84. The molecule has 2 aromatic rings. The molecule has 0 heterocycles. The van der Waals surface area contributed by atoms with Gasteiger partial charge in [-0.2, -0.15) is 0 Å². The monoisotopic (exact) mass is 559 g/mol. The van der Waals surface area contributed by atoms with Crippen molar-refractivity contribution >= 4 is 41.6 Å². The second-order valence-electron chi connectivity index (χ2n) is 8.41. The van der Waals surface area contributed by atoms with E-state index in [4.69, 9.17) is 9.47 Å². The molecule has 0 aromatic heterocycles. The van der Waals surface area contributed by atoms with E-state index in [0.29, 0.717) is 19.4 Å². The predicted octanol–water partition coefficient (Wildman–Crippen LogP) is 2.69. The zero-order valence-corrected chi connectivity index (χ0v) is 22.7. The van der Waals surface area contributed by atoms with Crippen molar-refractivity contribution in [2.24, 2.45) is 0 Å². The number of carbonyl (C=O) groups is 5. The van der Waals surface area contributed by atoms with Crippen molar-refractivity contribution in [2.45, 2.75) is 36.8 Å². The normalized spacial score (nSPS) is 11.1. The van der Waals surface area contributed by atoms with Gasteiger partial charge < -0.3 is 30.1 Å². The van der Waals surface area contributed by atoms with Gasteiger partial charge in [-0.05, 0) is 55.3 Å². The lowest BCUT2D eigenvalue weighted by atomic mass is 10.1. The van der Waals surface area contributed by atoms with Crippen LogP contribution in [0.4, 0.5) is 4.79 Å². The van der Waals surface area contributed by atoms with Crippen molar-refractivity contribution in [3.05, 3.63) is 65.7 Å². The number of nitrogens with one attached hydrogen (secondary N) is 2. The van der Waals surface area contributed by atoms with Crippen molar-refractivity contribution in [3.63, 3.8) is 0 Å². The van der Waals surface area contributed by atoms with Crippen molar-refractivity contribution in [3.8, 4) is 0 Å². The number of unbranched alkanes of at least 4 members (excludes halogenated alkanes) is 1. The lowest BCUT2D eigenvalue weighted by molar-refractivity contribution is -0.145. The molecule has 0 radical (unpaired) electrons. The van der Waals surface area contributed by atoms with Crippen LogP contribution in [-0.4, -0.2) is 78.9 Å². The fraction of sp³-hybridized carbons (Fsp3) is 0.370. The van der Waals surface area contributed by atoms with Crippen LogP contribution in [0.15, 0.2) is 59.5 Å². The number of carboxylic acid groups (broad SMARTS) is 1. The molecule has 0 fully saturated rings. The molecular weight excluding hydrogens is 526 g/mol. The third-order valence-corrected chi connectivity index (χ3v) is 6.25. The summed E-state index contributed by atoms with van der Waals surface area (Å²) in [5.41, 5.74) is 1.10. The van der Waals surface area contributed by atoms with Crippen LogP contribution in [0.25, 0.3) is 0 Å². The maximum Gasteiger partial charge on any atom is 0.407 e. The van der Waals surface area contributed by atoms with E-state index in [2.05, 4.69) is 10.6 Å². The second kappa shape index (κ2) is 16.7. The minimum absolute atomic E-state index is 0.146. The van der Waals surface area contributed by atoms with E-state index in [0.717, 1.165) is 15.4 Å². The highest BCUT2D eigenvalue weighted by Crippen LogP contribution is 2.16. The fourth-order valence-electron chi connectivity index (χ4n) is 3.52. The van der Waals surface area contributed by atoms with Gasteiger partial charge in [-0.25, -0.2) is 9.59 Å². The van der Waals surface area contributed by atoms with E-state index in [9.17, 15) is 29.1 Å². The first-order valence-corrected chi connectivity index (χ1v) is 13.4. The summed E-state index contributed by atoms with van der Waals surface area (Å²) in [5, 5.41) is 14.4. The Labute approximate surface area is 231 Å². The van der Waals surface area contributed by atoms with Gasteiger partial charge in [0, 0.05) is 17.0 Å². The third-order valence-electron chi connectivity index (χ3n) is 5.51. The van der Waals surface area contributed by atoms with Gasteiger partial charge in [0.2, 0.25) is 5.91 Å². The second-order valence-corrected chi connectivity index (χ2v) is 9.29. The number of ether oxygens (including phenoxy) is 2. The molecule has 210 valence electrons. The SMILES string of the molecule is COC(=O)[C@H](CCCCNC(=O)OCc1ccccc1)NC(=O)CN(CC(=O)O)C(=O)c1ccc(SC)cc1. The standard InChI is InChI=1S/C27H33N3O8S/c1-37-26(35)22(10-6-7-15-28-27(36)38-18-19-8-4-3-5-9-19)29-23(31)16-30(17-24(32)33)25(34)20-11-13-21(39-2)14-12-20/h3-5,8-9,11-14,22H,6-7,10,15-18H2,1-2H3,(H,28,36)(H,29,31)(H,32,33)/t22-/m0/s1. The number of rotatable bonds is 15. The van der Waals surface area contributed by atoms with Crippen molar-refractivity contribution < 1.29 is 38.6 Å². The minimum Gasteiger partial charge on any atom is -0.480 e. The Morgan fingerprint density at radius 1 is 0.974 bits per heavy atom. The molecule has 2 rings (SSSR count). The molecule has 2 aromatic carbocycles. The molecule has 0 aliphatic rings. The van der Waals surface area contributed by atoms with E-state index in [1.54, 1.807) is 24.3 Å². The van der Waals surface area contributed by atoms with Gasteiger partial charge in [-0.3, -0.25) is 14.4 Å². The lowest BCUT2D eigenvalue weighted by Crippen LogP contribution is -2.48. The summed E-state index contributed by atoms with van der Waals surface area (Å²) in [6, 6.07) is 14.8. The van der Waals surface area contributed by atoms with Crippen LogP contribution in [0.2, 0.25) is 0 Å². The van der Waals surface area contributed by atoms with Gasteiger partial charge in [-0.15, -0.1) is 11.8 Å². The van der Waals surface area contributed by atoms with E-state index >= 15 is 0 Å². The molecule has 3 N–H and O–H groups in total. The highest BCUT2D eigenvalue weighted by molar-refractivity contribution is 7.98. The first-order chi connectivity index (χ1) is 18.7. The average Bonchev–Trinajstić information content (AvgIpc) is 2.94. The number of benzene rings is 2. The Bertz CT molecular complexity index is 1110. The Morgan fingerprint density at radius 3 is 2.28 bits per heavy atom. The number of aliphatic carboxylic acids is 1. The molecule has 0 aliphatic carbocycles. The topological polar surface area (TPSA) is 151 Å². The highest BCUT2D eigenvalue weighted by atomic mass is 32.2. The van der Waals surface area contributed by atoms with Gasteiger partial charge in [-0.1, -0.05) is 30.3 Å². The van der Waals surface area contributed by atoms with Gasteiger partial charge >= 0.3 is 18.0 Å². The van der Waals surface area contributed by atoms with Gasteiger partial charge in [0.15, 0.2) is 0 Å². The highest BCUT2D eigenvalue weighted by Gasteiger charge is 2.25. The molecule has 0 unspecified atom stereocenters. The van der Waals surface area contributed by atoms with Crippen molar-refractivity contribution in [1.82, 2.24) is 15.5 Å². The van der Waals surface area contributed by atoms with E-state index in [1.165, 1.54) is 18.9 Å². The molecule has 0 saturated carbocycles. The summed E-state index contributed by atoms with van der Waals surface area (Å²) in [7, 11) is 1.18. The number of thioether (sulfide) groups is 1. The Hall–Kier alpha value is -4.06. The molecule has 12 heteroatoms. The van der Waals surface area contributed by atoms with Crippen LogP contribution in [0.1, 0.15) is 35.2 Å². The first kappa shape index (κ1) is 31.2. The van der Waals surface area contributed by atoms with E-state index in [-0.39, 0.29) is 18.6 Å². The molecule has 0 aliphatic heterocycles. The van der Waals surface area contributed by atoms with Crippen LogP contribution in [0, 0.1) is 0 Å². The molecule has 1 atom stereocenters. The Kier molecular flexibility index (Phi) is 13.4. The number of carboxylic acids is 1. The number of alkyl carbamates (subject to hydrolysis) is 1. The Morgan fingerprint density at radius 2 is 1.67 bits per heavy atom. The van der Waals surface area contributed by atoms with Crippen LogP contribution in [-0.2, 0) is 30.5 Å². The summed E-state index contributed by atoms with van der Waals surface area (Å²) < 4.78 is 9.91. The van der Waals surface area contributed by atoms with Crippen molar-refractivity contribution in [2.75, 3.05) is 33.0 Å². The number of amides is 3. The fourth-order valence-corrected chi connectivity index (χ4v) is 3.93. The van der Waals surface area contributed by atoms with Crippen LogP contribution < -0.4 is 10.6 Å². The first-order valence-electron chi connectivity index (χ1n) is 12.2. The van der Waals surface area contributed by atoms with E-state index in [1.807, 2.05) is 36.6 Å². The molecule has 0 saturated heterocycles. The number of esters is 1. The maximum atomic E-state index is 12.9. The summed E-state index contributed by atoms with van der Waals surface area (Å²) in [6.07, 6.45) is 2.48. The maximum absolute atomic E-state index is 12.9. The zero-order chi connectivity index (χ0) is 28.6. The van der Waals surface area contributed by atoms with Crippen molar-refractivity contribution in [1.29, 1.82) is 0 Å². The lowest BCUT2D eigenvalue weighted by Gasteiger charge is -2.22. The van der Waals surface area contributed by atoms with Crippen LogP contribution in [0.5, 0.6) is 0 Å². The van der Waals surface area contributed by atoms with Gasteiger partial charge in [0.25, 0.3) is 5.91 Å². The smallest absolute Gasteiger partial charge is 0.407 e.